The molecule has 0 aliphatic carbocycles. The molecule has 2 aromatic carbocycles. The lowest BCUT2D eigenvalue weighted by atomic mass is 9.99. The van der Waals surface area contributed by atoms with Crippen LogP contribution in [-0.2, 0) is 6.18 Å². The highest BCUT2D eigenvalue weighted by molar-refractivity contribution is 5.67. The van der Waals surface area contributed by atoms with E-state index in [-0.39, 0.29) is 11.8 Å². The van der Waals surface area contributed by atoms with Gasteiger partial charge < -0.3 is 15.4 Å². The van der Waals surface area contributed by atoms with Gasteiger partial charge in [0.2, 0.25) is 5.95 Å². The molecule has 0 amide bonds. The number of aromatic nitrogens is 2. The quantitative estimate of drug-likeness (QED) is 0.407. The predicted octanol–water partition coefficient (Wildman–Crippen LogP) is 6.89. The minimum absolute atomic E-state index is 0.0562. The van der Waals surface area contributed by atoms with E-state index >= 15 is 0 Å². The summed E-state index contributed by atoms with van der Waals surface area (Å²) >= 11 is 0. The highest BCUT2D eigenvalue weighted by Crippen LogP contribution is 2.37. The molecule has 2 N–H and O–H groups in total. The largest absolute Gasteiger partial charge is 0.492 e. The standard InChI is InChI=1S/C23H25F3N4O/c1-4-15(3)16-10-12-17(13-11-16)28-22-27-14-18(23(24,25)26)21(30-22)29-19-8-6-7-9-20(19)31-5-2/h6-15H,4-5H2,1-3H3,(H2,27,28,29,30). The summed E-state index contributed by atoms with van der Waals surface area (Å²) < 4.78 is 46.1. The fourth-order valence-electron chi connectivity index (χ4n) is 2.98. The summed E-state index contributed by atoms with van der Waals surface area (Å²) in [7, 11) is 0. The fourth-order valence-corrected chi connectivity index (χ4v) is 2.98. The van der Waals surface area contributed by atoms with Gasteiger partial charge in [-0.2, -0.15) is 18.2 Å². The first kappa shape index (κ1) is 22.4. The molecular formula is C23H25F3N4O. The van der Waals surface area contributed by atoms with Crippen LogP contribution >= 0.6 is 0 Å². The van der Waals surface area contributed by atoms with Gasteiger partial charge in [0.1, 0.15) is 17.1 Å². The molecule has 0 bridgehead atoms. The average molecular weight is 430 g/mol. The Morgan fingerprint density at radius 3 is 2.35 bits per heavy atom. The third-order valence-electron chi connectivity index (χ3n) is 4.88. The van der Waals surface area contributed by atoms with Gasteiger partial charge in [0, 0.05) is 11.9 Å². The van der Waals surface area contributed by atoms with Crippen molar-refractivity contribution < 1.29 is 17.9 Å². The zero-order valence-electron chi connectivity index (χ0n) is 17.6. The number of nitrogens with one attached hydrogen (secondary N) is 2. The molecule has 0 aliphatic heterocycles. The van der Waals surface area contributed by atoms with E-state index in [9.17, 15) is 13.2 Å². The molecule has 3 rings (SSSR count). The zero-order valence-corrected chi connectivity index (χ0v) is 17.6. The van der Waals surface area contributed by atoms with E-state index in [1.165, 1.54) is 5.56 Å². The molecule has 1 heterocycles. The lowest BCUT2D eigenvalue weighted by Gasteiger charge is -2.17. The number of ether oxygens (including phenoxy) is 1. The van der Waals surface area contributed by atoms with Crippen LogP contribution in [0.2, 0.25) is 0 Å². The van der Waals surface area contributed by atoms with Crippen molar-refractivity contribution in [2.75, 3.05) is 17.2 Å². The number of hydrogen-bond acceptors (Lipinski definition) is 5. The molecule has 1 unspecified atom stereocenters. The maximum atomic E-state index is 13.5. The molecule has 0 aliphatic rings. The highest BCUT2D eigenvalue weighted by atomic mass is 19.4. The summed E-state index contributed by atoms with van der Waals surface area (Å²) in [5, 5.41) is 5.73. The molecule has 0 radical (unpaired) electrons. The van der Waals surface area contributed by atoms with Gasteiger partial charge in [-0.1, -0.05) is 38.1 Å². The third kappa shape index (κ3) is 5.65. The Morgan fingerprint density at radius 1 is 1.00 bits per heavy atom. The molecule has 0 saturated heterocycles. The van der Waals surface area contributed by atoms with Crippen molar-refractivity contribution in [2.24, 2.45) is 0 Å². The van der Waals surface area contributed by atoms with E-state index in [4.69, 9.17) is 4.74 Å². The molecular weight excluding hydrogens is 405 g/mol. The van der Waals surface area contributed by atoms with Crippen LogP contribution in [0.3, 0.4) is 0 Å². The SMILES string of the molecule is CCOc1ccccc1Nc1nc(Nc2ccc(C(C)CC)cc2)ncc1C(F)(F)F. The molecule has 5 nitrogen and oxygen atoms in total. The van der Waals surface area contributed by atoms with Crippen molar-refractivity contribution in [1.82, 2.24) is 9.97 Å². The zero-order chi connectivity index (χ0) is 22.4. The van der Waals surface area contributed by atoms with Gasteiger partial charge in [0.05, 0.1) is 12.3 Å². The summed E-state index contributed by atoms with van der Waals surface area (Å²) in [6.07, 6.45) is -2.82. The van der Waals surface area contributed by atoms with E-state index in [0.29, 0.717) is 29.6 Å². The molecule has 0 spiro atoms. The lowest BCUT2D eigenvalue weighted by molar-refractivity contribution is -0.137. The Balaban J connectivity index is 1.90. The Hall–Kier alpha value is -3.29. The van der Waals surface area contributed by atoms with Gasteiger partial charge in [-0.05, 0) is 49.1 Å². The Bertz CT molecular complexity index is 1010. The van der Waals surface area contributed by atoms with Gasteiger partial charge in [-0.15, -0.1) is 0 Å². The second-order valence-electron chi connectivity index (χ2n) is 7.06. The number of para-hydroxylation sites is 2. The molecule has 164 valence electrons. The van der Waals surface area contributed by atoms with Crippen LogP contribution in [-0.4, -0.2) is 16.6 Å². The van der Waals surface area contributed by atoms with Gasteiger partial charge in [0.15, 0.2) is 0 Å². The second-order valence-corrected chi connectivity index (χ2v) is 7.06. The van der Waals surface area contributed by atoms with Gasteiger partial charge in [0.25, 0.3) is 0 Å². The van der Waals surface area contributed by atoms with Crippen molar-refractivity contribution in [3.63, 3.8) is 0 Å². The van der Waals surface area contributed by atoms with Crippen LogP contribution in [0.1, 0.15) is 44.2 Å². The molecule has 8 heteroatoms. The van der Waals surface area contributed by atoms with Crippen LogP contribution < -0.4 is 15.4 Å². The molecule has 3 aromatic rings. The van der Waals surface area contributed by atoms with Gasteiger partial charge in [-0.25, -0.2) is 4.98 Å². The molecule has 1 atom stereocenters. The van der Waals surface area contributed by atoms with Crippen LogP contribution in [0.5, 0.6) is 5.75 Å². The Morgan fingerprint density at radius 2 is 1.71 bits per heavy atom. The molecule has 31 heavy (non-hydrogen) atoms. The van der Waals surface area contributed by atoms with E-state index in [1.54, 1.807) is 31.2 Å². The average Bonchev–Trinajstić information content (AvgIpc) is 2.74. The summed E-state index contributed by atoms with van der Waals surface area (Å²) in [6, 6.07) is 14.5. The van der Waals surface area contributed by atoms with E-state index in [2.05, 4.69) is 34.4 Å². The topological polar surface area (TPSA) is 59.1 Å². The van der Waals surface area contributed by atoms with Gasteiger partial charge >= 0.3 is 6.18 Å². The number of alkyl halides is 3. The number of anilines is 4. The highest BCUT2D eigenvalue weighted by Gasteiger charge is 2.35. The first-order chi connectivity index (χ1) is 14.8. The van der Waals surface area contributed by atoms with Crippen molar-refractivity contribution in [2.45, 2.75) is 39.3 Å². The first-order valence-corrected chi connectivity index (χ1v) is 10.1. The van der Waals surface area contributed by atoms with E-state index < -0.39 is 11.7 Å². The number of nitrogens with zero attached hydrogens (tertiary/aromatic N) is 2. The molecule has 0 saturated carbocycles. The minimum Gasteiger partial charge on any atom is -0.492 e. The van der Waals surface area contributed by atoms with E-state index in [0.717, 1.165) is 12.6 Å². The maximum absolute atomic E-state index is 13.5. The molecule has 0 fully saturated rings. The van der Waals surface area contributed by atoms with Crippen molar-refractivity contribution in [3.8, 4) is 5.75 Å². The monoisotopic (exact) mass is 430 g/mol. The van der Waals surface area contributed by atoms with Crippen LogP contribution in [0, 0.1) is 0 Å². The second kappa shape index (κ2) is 9.68. The number of halogens is 3. The van der Waals surface area contributed by atoms with Crippen LogP contribution in [0.4, 0.5) is 36.3 Å². The predicted molar refractivity (Wildman–Crippen MR) is 116 cm³/mol. The number of benzene rings is 2. The van der Waals surface area contributed by atoms with Crippen LogP contribution in [0.25, 0.3) is 0 Å². The summed E-state index contributed by atoms with van der Waals surface area (Å²) in [6.45, 7) is 6.44. The van der Waals surface area contributed by atoms with Crippen molar-refractivity contribution in [1.29, 1.82) is 0 Å². The normalized spacial score (nSPS) is 12.3. The van der Waals surface area contributed by atoms with Crippen molar-refractivity contribution >= 4 is 23.1 Å². The number of rotatable bonds is 8. The maximum Gasteiger partial charge on any atom is 0.421 e. The smallest absolute Gasteiger partial charge is 0.421 e. The van der Waals surface area contributed by atoms with Crippen molar-refractivity contribution in [3.05, 3.63) is 65.9 Å². The summed E-state index contributed by atoms with van der Waals surface area (Å²) in [5.41, 5.74) is 1.30. The van der Waals surface area contributed by atoms with Crippen LogP contribution in [0.15, 0.2) is 54.7 Å². The minimum atomic E-state index is -4.61. The van der Waals surface area contributed by atoms with E-state index in [1.807, 2.05) is 24.3 Å². The molecule has 1 aromatic heterocycles. The lowest BCUT2D eigenvalue weighted by Crippen LogP contribution is -2.13. The third-order valence-corrected chi connectivity index (χ3v) is 4.88. The Kier molecular flexibility index (Phi) is 6.99. The number of hydrogen-bond donors (Lipinski definition) is 2. The summed E-state index contributed by atoms with van der Waals surface area (Å²) in [5.74, 6) is 0.568. The van der Waals surface area contributed by atoms with Gasteiger partial charge in [-0.3, -0.25) is 0 Å². The fraction of sp³-hybridized carbons (Fsp3) is 0.304. The Labute approximate surface area is 179 Å². The summed E-state index contributed by atoms with van der Waals surface area (Å²) in [4.78, 5) is 7.96. The first-order valence-electron chi connectivity index (χ1n) is 10.1.